The fourth-order valence-electron chi connectivity index (χ4n) is 2.24. The van der Waals surface area contributed by atoms with Crippen LogP contribution >= 0.6 is 22.7 Å². The molecule has 0 aliphatic carbocycles. The predicted octanol–water partition coefficient (Wildman–Crippen LogP) is 4.72. The van der Waals surface area contributed by atoms with Crippen molar-refractivity contribution in [2.45, 2.75) is 6.61 Å². The van der Waals surface area contributed by atoms with Crippen molar-refractivity contribution in [1.29, 1.82) is 0 Å². The van der Waals surface area contributed by atoms with Crippen molar-refractivity contribution in [1.82, 2.24) is 9.97 Å². The van der Waals surface area contributed by atoms with Gasteiger partial charge in [-0.2, -0.15) is 0 Å². The first-order valence-electron chi connectivity index (χ1n) is 7.67. The van der Waals surface area contributed by atoms with E-state index in [9.17, 15) is 9.18 Å². The normalized spacial score (nSPS) is 10.8. The Morgan fingerprint density at radius 3 is 2.73 bits per heavy atom. The number of para-hydroxylation sites is 1. The molecular weight excluding hydrogens is 373 g/mol. The zero-order valence-corrected chi connectivity index (χ0v) is 14.9. The van der Waals surface area contributed by atoms with Gasteiger partial charge in [0.1, 0.15) is 28.9 Å². The Hall–Kier alpha value is -2.84. The molecule has 5 nitrogen and oxygen atoms in total. The number of nitrogens with one attached hydrogen (secondary N) is 1. The van der Waals surface area contributed by atoms with Crippen LogP contribution in [-0.2, 0) is 6.61 Å². The number of ether oxygens (including phenoxy) is 1. The summed E-state index contributed by atoms with van der Waals surface area (Å²) < 4.78 is 19.4. The zero-order chi connectivity index (χ0) is 17.9. The molecule has 2 aromatic heterocycles. The highest BCUT2D eigenvalue weighted by Gasteiger charge is 2.13. The molecule has 2 heterocycles. The molecule has 26 heavy (non-hydrogen) atoms. The predicted molar refractivity (Wildman–Crippen MR) is 100 cm³/mol. The summed E-state index contributed by atoms with van der Waals surface area (Å²) in [6.07, 6.45) is 0. The molecule has 0 spiro atoms. The molecule has 0 saturated heterocycles. The number of fused-ring (bicyclic) bond motifs is 1. The van der Waals surface area contributed by atoms with E-state index in [1.807, 2.05) is 24.3 Å². The molecule has 1 N–H and O–H groups in total. The Labute approximate surface area is 156 Å². The molecule has 2 aromatic carbocycles. The topological polar surface area (TPSA) is 64.1 Å². The molecule has 0 bridgehead atoms. The number of carbonyl (C=O) groups is 1. The van der Waals surface area contributed by atoms with Crippen LogP contribution in [0.15, 0.2) is 53.9 Å². The van der Waals surface area contributed by atoms with E-state index in [0.717, 1.165) is 10.2 Å². The second-order valence-corrected chi connectivity index (χ2v) is 7.28. The molecule has 0 aliphatic rings. The zero-order valence-electron chi connectivity index (χ0n) is 13.3. The minimum atomic E-state index is -0.319. The molecule has 0 unspecified atom stereocenters. The van der Waals surface area contributed by atoms with Crippen molar-refractivity contribution in [3.8, 4) is 5.75 Å². The summed E-state index contributed by atoms with van der Waals surface area (Å²) in [4.78, 5) is 21.0. The van der Waals surface area contributed by atoms with Crippen LogP contribution in [0, 0.1) is 5.82 Å². The number of rotatable bonds is 5. The summed E-state index contributed by atoms with van der Waals surface area (Å²) >= 11 is 2.74. The highest BCUT2D eigenvalue weighted by molar-refractivity contribution is 7.22. The van der Waals surface area contributed by atoms with Gasteiger partial charge in [0.2, 0.25) is 0 Å². The van der Waals surface area contributed by atoms with Crippen LogP contribution in [0.4, 0.5) is 9.52 Å². The summed E-state index contributed by atoms with van der Waals surface area (Å²) in [6, 6.07) is 13.4. The highest BCUT2D eigenvalue weighted by Crippen LogP contribution is 2.26. The van der Waals surface area contributed by atoms with Gasteiger partial charge in [0.05, 0.1) is 10.2 Å². The Bertz CT molecular complexity index is 1030. The SMILES string of the molecule is O=C(Nc1nc2ccccc2s1)c1csc(COc2ccc(F)cc2)n1. The molecule has 130 valence electrons. The van der Waals surface area contributed by atoms with E-state index in [1.54, 1.807) is 17.5 Å². The number of thiazole rings is 2. The summed E-state index contributed by atoms with van der Waals surface area (Å²) in [5, 5.41) is 5.64. The summed E-state index contributed by atoms with van der Waals surface area (Å²) in [5.74, 6) is -0.0872. The molecule has 0 atom stereocenters. The maximum Gasteiger partial charge on any atom is 0.276 e. The van der Waals surface area contributed by atoms with Crippen LogP contribution in [-0.4, -0.2) is 15.9 Å². The number of amides is 1. The summed E-state index contributed by atoms with van der Waals surface area (Å²) in [6.45, 7) is 0.213. The molecule has 0 aliphatic heterocycles. The number of halogens is 1. The van der Waals surface area contributed by atoms with Crippen LogP contribution in [0.25, 0.3) is 10.2 Å². The van der Waals surface area contributed by atoms with E-state index in [-0.39, 0.29) is 18.3 Å². The van der Waals surface area contributed by atoms with Crippen LogP contribution in [0.5, 0.6) is 5.75 Å². The number of nitrogens with zero attached hydrogens (tertiary/aromatic N) is 2. The van der Waals surface area contributed by atoms with E-state index in [4.69, 9.17) is 4.74 Å². The Morgan fingerprint density at radius 2 is 1.92 bits per heavy atom. The number of hydrogen-bond donors (Lipinski definition) is 1. The van der Waals surface area contributed by atoms with Gasteiger partial charge >= 0.3 is 0 Å². The molecule has 1 amide bonds. The van der Waals surface area contributed by atoms with E-state index in [0.29, 0.717) is 21.6 Å². The van der Waals surface area contributed by atoms with Crippen molar-refractivity contribution < 1.29 is 13.9 Å². The van der Waals surface area contributed by atoms with Gasteiger partial charge in [-0.25, -0.2) is 14.4 Å². The second kappa shape index (κ2) is 7.19. The molecule has 0 saturated carbocycles. The third-order valence-corrected chi connectivity index (χ3v) is 5.25. The number of carbonyl (C=O) groups excluding carboxylic acids is 1. The quantitative estimate of drug-likeness (QED) is 0.540. The fraction of sp³-hybridized carbons (Fsp3) is 0.0556. The number of benzene rings is 2. The van der Waals surface area contributed by atoms with E-state index in [1.165, 1.54) is 34.8 Å². The van der Waals surface area contributed by atoms with Crippen molar-refractivity contribution in [3.63, 3.8) is 0 Å². The van der Waals surface area contributed by atoms with E-state index >= 15 is 0 Å². The van der Waals surface area contributed by atoms with Crippen LogP contribution in [0.1, 0.15) is 15.5 Å². The molecule has 0 radical (unpaired) electrons. The molecule has 8 heteroatoms. The first-order chi connectivity index (χ1) is 12.7. The van der Waals surface area contributed by atoms with Gasteiger partial charge in [-0.15, -0.1) is 11.3 Å². The third kappa shape index (κ3) is 3.71. The highest BCUT2D eigenvalue weighted by atomic mass is 32.1. The second-order valence-electron chi connectivity index (χ2n) is 5.31. The fourth-order valence-corrected chi connectivity index (χ4v) is 3.79. The van der Waals surface area contributed by atoms with Gasteiger partial charge in [0.25, 0.3) is 5.91 Å². The lowest BCUT2D eigenvalue weighted by atomic mass is 10.3. The lowest BCUT2D eigenvalue weighted by molar-refractivity contribution is 0.102. The molecule has 0 fully saturated rings. The first-order valence-corrected chi connectivity index (χ1v) is 9.37. The Balaban J connectivity index is 1.40. The van der Waals surface area contributed by atoms with Crippen molar-refractivity contribution in [2.75, 3.05) is 5.32 Å². The number of aromatic nitrogens is 2. The van der Waals surface area contributed by atoms with Gasteiger partial charge in [0, 0.05) is 5.38 Å². The van der Waals surface area contributed by atoms with Gasteiger partial charge in [-0.1, -0.05) is 23.5 Å². The van der Waals surface area contributed by atoms with Crippen LogP contribution < -0.4 is 10.1 Å². The van der Waals surface area contributed by atoms with E-state index < -0.39 is 0 Å². The summed E-state index contributed by atoms with van der Waals surface area (Å²) in [7, 11) is 0. The van der Waals surface area contributed by atoms with E-state index in [2.05, 4.69) is 15.3 Å². The lowest BCUT2D eigenvalue weighted by Crippen LogP contribution is -2.12. The standard InChI is InChI=1S/C18H12FN3O2S2/c19-11-5-7-12(8-6-11)24-9-16-20-14(10-25-16)17(23)22-18-21-13-3-1-2-4-15(13)26-18/h1-8,10H,9H2,(H,21,22,23). The minimum Gasteiger partial charge on any atom is -0.486 e. The maximum atomic E-state index is 12.9. The number of hydrogen-bond acceptors (Lipinski definition) is 6. The van der Waals surface area contributed by atoms with Crippen molar-refractivity contribution in [2.24, 2.45) is 0 Å². The van der Waals surface area contributed by atoms with Crippen LogP contribution in [0.2, 0.25) is 0 Å². The summed E-state index contributed by atoms with van der Waals surface area (Å²) in [5.41, 5.74) is 1.16. The van der Waals surface area contributed by atoms with Crippen molar-refractivity contribution >= 4 is 43.9 Å². The largest absolute Gasteiger partial charge is 0.486 e. The minimum absolute atomic E-state index is 0.213. The lowest BCUT2D eigenvalue weighted by Gasteiger charge is -2.03. The van der Waals surface area contributed by atoms with Crippen LogP contribution in [0.3, 0.4) is 0 Å². The maximum absolute atomic E-state index is 12.9. The Morgan fingerprint density at radius 1 is 1.12 bits per heavy atom. The average molecular weight is 385 g/mol. The number of anilines is 1. The van der Waals surface area contributed by atoms with Gasteiger partial charge in [-0.3, -0.25) is 10.1 Å². The third-order valence-electron chi connectivity index (χ3n) is 3.47. The van der Waals surface area contributed by atoms with Gasteiger partial charge in [0.15, 0.2) is 5.13 Å². The monoisotopic (exact) mass is 385 g/mol. The Kier molecular flexibility index (Phi) is 4.59. The first kappa shape index (κ1) is 16.6. The molecule has 4 aromatic rings. The van der Waals surface area contributed by atoms with Crippen molar-refractivity contribution in [3.05, 3.63) is 70.4 Å². The smallest absolute Gasteiger partial charge is 0.276 e. The van der Waals surface area contributed by atoms with Gasteiger partial charge < -0.3 is 4.74 Å². The van der Waals surface area contributed by atoms with Gasteiger partial charge in [-0.05, 0) is 36.4 Å². The molecule has 4 rings (SSSR count). The average Bonchev–Trinajstić information content (AvgIpc) is 3.27. The molecular formula is C18H12FN3O2S2.